The molecule has 46 heavy (non-hydrogen) atoms. The molecule has 2 aromatic carbocycles. The summed E-state index contributed by atoms with van der Waals surface area (Å²) >= 11 is 6.15. The van der Waals surface area contributed by atoms with Crippen molar-refractivity contribution in [1.29, 1.82) is 0 Å². The van der Waals surface area contributed by atoms with Crippen LogP contribution in [0.3, 0.4) is 0 Å². The molecule has 0 aliphatic carbocycles. The van der Waals surface area contributed by atoms with Gasteiger partial charge in [-0.2, -0.15) is 5.10 Å². The van der Waals surface area contributed by atoms with Crippen molar-refractivity contribution in [2.45, 2.75) is 77.3 Å². The minimum absolute atomic E-state index is 0.00111. The van der Waals surface area contributed by atoms with E-state index in [1.54, 1.807) is 16.8 Å². The van der Waals surface area contributed by atoms with E-state index in [2.05, 4.69) is 53.4 Å². The summed E-state index contributed by atoms with van der Waals surface area (Å²) in [4.78, 5) is 32.7. The van der Waals surface area contributed by atoms with Gasteiger partial charge in [0.1, 0.15) is 11.0 Å². The van der Waals surface area contributed by atoms with Gasteiger partial charge in [0, 0.05) is 40.9 Å². The first-order chi connectivity index (χ1) is 22.0. The highest BCUT2D eigenvalue weighted by atomic mass is 35.5. The standard InChI is InChI=1S/C36H41ClN6O3/c1-22-6-12-27(13-7-22)43-32(21-30(41-43)36(2,3)4)40-35(45)38-26-10-8-23(9-11-26)16-24-17-28-14-15-29(18-24)42(28)34(44)25-19-31(37)39-33(20-25)46-5/h6-13,19-21,24,28-29H,14-18H2,1-5H3,(H2,38,40,45). The van der Waals surface area contributed by atoms with Crippen molar-refractivity contribution in [3.05, 3.63) is 94.3 Å². The largest absolute Gasteiger partial charge is 0.481 e. The number of hydrogen-bond donors (Lipinski definition) is 2. The molecule has 0 spiro atoms. The molecule has 2 N–H and O–H groups in total. The second kappa shape index (κ2) is 12.8. The number of carbonyl (C=O) groups is 2. The summed E-state index contributed by atoms with van der Waals surface area (Å²) in [5, 5.41) is 11.0. The number of aromatic nitrogens is 3. The van der Waals surface area contributed by atoms with Crippen LogP contribution in [0.25, 0.3) is 5.69 Å². The molecule has 2 bridgehead atoms. The fraction of sp³-hybridized carbons (Fsp3) is 0.389. The number of ether oxygens (including phenoxy) is 1. The number of nitrogens with one attached hydrogen (secondary N) is 2. The Bertz CT molecular complexity index is 1710. The normalized spacial score (nSPS) is 19.2. The van der Waals surface area contributed by atoms with Crippen molar-refractivity contribution in [3.8, 4) is 11.6 Å². The first-order valence-corrected chi connectivity index (χ1v) is 16.2. The number of hydrogen-bond acceptors (Lipinski definition) is 5. The highest BCUT2D eigenvalue weighted by Gasteiger charge is 2.43. The van der Waals surface area contributed by atoms with Crippen molar-refractivity contribution in [3.63, 3.8) is 0 Å². The maximum absolute atomic E-state index is 13.5. The lowest BCUT2D eigenvalue weighted by Gasteiger charge is -2.39. The number of rotatable bonds is 7. The lowest BCUT2D eigenvalue weighted by Crippen LogP contribution is -2.46. The second-order valence-corrected chi connectivity index (χ2v) is 13.9. The van der Waals surface area contributed by atoms with E-state index in [4.69, 9.17) is 21.4 Å². The van der Waals surface area contributed by atoms with Gasteiger partial charge in [0.05, 0.1) is 18.5 Å². The second-order valence-electron chi connectivity index (χ2n) is 13.5. The van der Waals surface area contributed by atoms with E-state index in [9.17, 15) is 9.59 Å². The molecule has 2 saturated heterocycles. The molecule has 0 radical (unpaired) electrons. The number of benzene rings is 2. The van der Waals surface area contributed by atoms with E-state index in [1.807, 2.05) is 49.4 Å². The first-order valence-electron chi connectivity index (χ1n) is 15.9. The Morgan fingerprint density at radius 1 is 0.957 bits per heavy atom. The third-order valence-corrected chi connectivity index (χ3v) is 9.22. The van der Waals surface area contributed by atoms with Gasteiger partial charge < -0.3 is 15.0 Å². The first kappa shape index (κ1) is 31.6. The summed E-state index contributed by atoms with van der Waals surface area (Å²) in [6.45, 7) is 8.35. The number of fused-ring (bicyclic) bond motifs is 2. The van der Waals surface area contributed by atoms with Gasteiger partial charge in [-0.3, -0.25) is 10.1 Å². The van der Waals surface area contributed by atoms with Crippen LogP contribution in [0.15, 0.2) is 66.7 Å². The van der Waals surface area contributed by atoms with Crippen LogP contribution in [0.4, 0.5) is 16.3 Å². The van der Waals surface area contributed by atoms with Gasteiger partial charge in [0.15, 0.2) is 0 Å². The smallest absolute Gasteiger partial charge is 0.324 e. The number of nitrogens with zero attached hydrogens (tertiary/aromatic N) is 4. The predicted molar refractivity (Wildman–Crippen MR) is 181 cm³/mol. The molecule has 2 aliphatic rings. The van der Waals surface area contributed by atoms with Crippen LogP contribution in [0.5, 0.6) is 5.88 Å². The number of piperidine rings is 1. The van der Waals surface area contributed by atoms with Gasteiger partial charge in [0.25, 0.3) is 5.91 Å². The quantitative estimate of drug-likeness (QED) is 0.201. The summed E-state index contributed by atoms with van der Waals surface area (Å²) in [6.07, 6.45) is 4.89. The maximum atomic E-state index is 13.5. The molecule has 3 amide bonds. The summed E-state index contributed by atoms with van der Waals surface area (Å²) in [6, 6.07) is 21.4. The Kier molecular flexibility index (Phi) is 8.79. The molecule has 2 unspecified atom stereocenters. The van der Waals surface area contributed by atoms with Crippen LogP contribution in [-0.4, -0.2) is 50.8 Å². The number of amides is 3. The van der Waals surface area contributed by atoms with Crippen molar-refractivity contribution < 1.29 is 14.3 Å². The summed E-state index contributed by atoms with van der Waals surface area (Å²) < 4.78 is 7.00. The zero-order chi connectivity index (χ0) is 32.6. The monoisotopic (exact) mass is 640 g/mol. The number of carbonyl (C=O) groups excluding carboxylic acids is 2. The van der Waals surface area contributed by atoms with Crippen LogP contribution in [0.2, 0.25) is 5.15 Å². The van der Waals surface area contributed by atoms with Gasteiger partial charge in [-0.1, -0.05) is 62.2 Å². The van der Waals surface area contributed by atoms with E-state index < -0.39 is 0 Å². The average Bonchev–Trinajstić information content (AvgIpc) is 3.56. The fourth-order valence-corrected chi connectivity index (χ4v) is 6.89. The third kappa shape index (κ3) is 6.89. The minimum Gasteiger partial charge on any atom is -0.481 e. The molecule has 240 valence electrons. The minimum atomic E-state index is -0.330. The van der Waals surface area contributed by atoms with Crippen LogP contribution < -0.4 is 15.4 Å². The number of halogens is 1. The summed E-state index contributed by atoms with van der Waals surface area (Å²) in [7, 11) is 1.52. The van der Waals surface area contributed by atoms with Gasteiger partial charge in [-0.25, -0.2) is 14.5 Å². The van der Waals surface area contributed by atoms with E-state index in [1.165, 1.54) is 12.7 Å². The molecule has 2 fully saturated rings. The maximum Gasteiger partial charge on any atom is 0.324 e. The third-order valence-electron chi connectivity index (χ3n) is 9.03. The molecule has 2 aliphatic heterocycles. The molecule has 9 nitrogen and oxygen atoms in total. The number of anilines is 2. The molecule has 6 rings (SSSR count). The van der Waals surface area contributed by atoms with E-state index in [-0.39, 0.29) is 34.6 Å². The molecule has 4 heterocycles. The van der Waals surface area contributed by atoms with Gasteiger partial charge >= 0.3 is 6.03 Å². The van der Waals surface area contributed by atoms with E-state index >= 15 is 0 Å². The topological polar surface area (TPSA) is 101 Å². The molecule has 0 saturated carbocycles. The van der Waals surface area contributed by atoms with Crippen LogP contribution in [-0.2, 0) is 11.8 Å². The van der Waals surface area contributed by atoms with Crippen molar-refractivity contribution in [1.82, 2.24) is 19.7 Å². The van der Waals surface area contributed by atoms with Crippen molar-refractivity contribution in [2.75, 3.05) is 17.7 Å². The van der Waals surface area contributed by atoms with Gasteiger partial charge in [-0.15, -0.1) is 0 Å². The molecule has 2 aromatic heterocycles. The molecule has 4 aromatic rings. The Morgan fingerprint density at radius 2 is 1.63 bits per heavy atom. The Labute approximate surface area is 275 Å². The fourth-order valence-electron chi connectivity index (χ4n) is 6.69. The summed E-state index contributed by atoms with van der Waals surface area (Å²) in [5.41, 5.74) is 5.20. The molecular weight excluding hydrogens is 600 g/mol. The Hall–Kier alpha value is -4.37. The highest BCUT2D eigenvalue weighted by Crippen LogP contribution is 2.41. The SMILES string of the molecule is COc1cc(C(=O)N2C3CCC2CC(Cc2ccc(NC(=O)Nc4cc(C(C)(C)C)nn4-c4ccc(C)cc4)cc2)C3)cc(Cl)n1. The molecule has 10 heteroatoms. The molecule has 2 atom stereocenters. The van der Waals surface area contributed by atoms with Gasteiger partial charge in [-0.05, 0) is 80.8 Å². The van der Waals surface area contributed by atoms with Crippen LogP contribution in [0, 0.1) is 12.8 Å². The summed E-state index contributed by atoms with van der Waals surface area (Å²) in [5.74, 6) is 1.43. The Morgan fingerprint density at radius 3 is 2.26 bits per heavy atom. The average molecular weight is 641 g/mol. The predicted octanol–water partition coefficient (Wildman–Crippen LogP) is 7.81. The highest BCUT2D eigenvalue weighted by molar-refractivity contribution is 6.29. The van der Waals surface area contributed by atoms with E-state index in [0.29, 0.717) is 28.9 Å². The zero-order valence-corrected chi connectivity index (χ0v) is 27.8. The number of aryl methyl sites for hydroxylation is 1. The number of pyridine rings is 1. The van der Waals surface area contributed by atoms with Crippen LogP contribution in [0.1, 0.15) is 73.6 Å². The lowest BCUT2D eigenvalue weighted by molar-refractivity contribution is 0.0524. The van der Waals surface area contributed by atoms with Crippen molar-refractivity contribution >= 4 is 35.0 Å². The number of urea groups is 1. The number of methoxy groups -OCH3 is 1. The molecular formula is C36H41ClN6O3. The van der Waals surface area contributed by atoms with Gasteiger partial charge in [0.2, 0.25) is 5.88 Å². The zero-order valence-electron chi connectivity index (χ0n) is 27.0. The Balaban J connectivity index is 1.07. The lowest BCUT2D eigenvalue weighted by atomic mass is 9.85. The van der Waals surface area contributed by atoms with E-state index in [0.717, 1.165) is 49.0 Å². The van der Waals surface area contributed by atoms with Crippen LogP contribution >= 0.6 is 11.6 Å². The van der Waals surface area contributed by atoms with Crippen molar-refractivity contribution in [2.24, 2.45) is 5.92 Å².